The number of rotatable bonds is 4. The molecule has 1 aliphatic rings. The van der Waals surface area contributed by atoms with Crippen molar-refractivity contribution < 1.29 is 4.79 Å². The second kappa shape index (κ2) is 6.07. The van der Waals surface area contributed by atoms with Crippen LogP contribution in [0.3, 0.4) is 0 Å². The number of hydrogen-bond donors (Lipinski definition) is 0. The first kappa shape index (κ1) is 16.2. The molecule has 0 N–H and O–H groups in total. The van der Waals surface area contributed by atoms with Gasteiger partial charge in [0.05, 0.1) is 10.8 Å². The highest BCUT2D eigenvalue weighted by Crippen LogP contribution is 2.28. The zero-order valence-corrected chi connectivity index (χ0v) is 14.9. The maximum Gasteiger partial charge on any atom is 0.210 e. The largest absolute Gasteiger partial charge is 0.293 e. The van der Waals surface area contributed by atoms with E-state index < -0.39 is 0 Å². The zero-order chi connectivity index (χ0) is 16.6. The SMILES string of the molecule is CC(Sc1nnnn1C(C)(C)C)C(=O)c1ccc2c(c1)CCC2. The van der Waals surface area contributed by atoms with Crippen LogP contribution in [0.25, 0.3) is 0 Å². The molecule has 0 saturated heterocycles. The third-order valence-corrected chi connectivity index (χ3v) is 5.14. The molecule has 23 heavy (non-hydrogen) atoms. The lowest BCUT2D eigenvalue weighted by Crippen LogP contribution is -2.25. The van der Waals surface area contributed by atoms with Gasteiger partial charge in [-0.3, -0.25) is 4.79 Å². The van der Waals surface area contributed by atoms with Crippen LogP contribution in [0.5, 0.6) is 0 Å². The smallest absolute Gasteiger partial charge is 0.210 e. The Morgan fingerprint density at radius 3 is 2.74 bits per heavy atom. The van der Waals surface area contributed by atoms with E-state index in [2.05, 4.69) is 27.7 Å². The highest BCUT2D eigenvalue weighted by atomic mass is 32.2. The van der Waals surface area contributed by atoms with E-state index in [-0.39, 0.29) is 16.6 Å². The van der Waals surface area contributed by atoms with Crippen molar-refractivity contribution in [2.24, 2.45) is 0 Å². The molecule has 1 aliphatic carbocycles. The molecule has 1 unspecified atom stereocenters. The molecule has 3 rings (SSSR count). The van der Waals surface area contributed by atoms with Crippen LogP contribution in [-0.4, -0.2) is 31.2 Å². The molecular weight excluding hydrogens is 308 g/mol. The molecule has 0 spiro atoms. The average Bonchev–Trinajstić information content (AvgIpc) is 3.13. The topological polar surface area (TPSA) is 60.7 Å². The summed E-state index contributed by atoms with van der Waals surface area (Å²) in [5, 5.41) is 12.3. The van der Waals surface area contributed by atoms with Gasteiger partial charge in [0.25, 0.3) is 0 Å². The Hall–Kier alpha value is -1.69. The lowest BCUT2D eigenvalue weighted by Gasteiger charge is -2.20. The summed E-state index contributed by atoms with van der Waals surface area (Å²) in [6.45, 7) is 8.04. The summed E-state index contributed by atoms with van der Waals surface area (Å²) in [7, 11) is 0. The van der Waals surface area contributed by atoms with Crippen LogP contribution in [0, 0.1) is 0 Å². The maximum atomic E-state index is 12.7. The molecule has 0 fully saturated rings. The summed E-state index contributed by atoms with van der Waals surface area (Å²) in [5.74, 6) is 0.133. The lowest BCUT2D eigenvalue weighted by molar-refractivity contribution is 0.0993. The number of aryl methyl sites for hydroxylation is 2. The number of carbonyl (C=O) groups is 1. The number of fused-ring (bicyclic) bond motifs is 1. The number of tetrazole rings is 1. The predicted octanol–water partition coefficient (Wildman–Crippen LogP) is 3.28. The number of hydrogen-bond acceptors (Lipinski definition) is 5. The molecule has 122 valence electrons. The van der Waals surface area contributed by atoms with Crippen molar-refractivity contribution in [3.63, 3.8) is 0 Å². The molecule has 2 aromatic rings. The summed E-state index contributed by atoms with van der Waals surface area (Å²) >= 11 is 1.42. The van der Waals surface area contributed by atoms with E-state index in [1.807, 2.05) is 33.8 Å². The van der Waals surface area contributed by atoms with Crippen molar-refractivity contribution in [2.45, 2.75) is 62.9 Å². The van der Waals surface area contributed by atoms with Gasteiger partial charge in [-0.1, -0.05) is 23.9 Å². The van der Waals surface area contributed by atoms with E-state index in [9.17, 15) is 4.79 Å². The molecule has 0 bridgehead atoms. The van der Waals surface area contributed by atoms with Gasteiger partial charge in [0.2, 0.25) is 5.16 Å². The highest BCUT2D eigenvalue weighted by Gasteiger charge is 2.25. The Balaban J connectivity index is 1.77. The van der Waals surface area contributed by atoms with Gasteiger partial charge in [0.1, 0.15) is 0 Å². The van der Waals surface area contributed by atoms with Crippen molar-refractivity contribution in [1.82, 2.24) is 20.2 Å². The number of Topliss-reactive ketones (excluding diaryl/α,β-unsaturated/α-hetero) is 1. The Labute approximate surface area is 140 Å². The van der Waals surface area contributed by atoms with Gasteiger partial charge < -0.3 is 0 Å². The summed E-state index contributed by atoms with van der Waals surface area (Å²) in [6, 6.07) is 6.12. The van der Waals surface area contributed by atoms with Crippen molar-refractivity contribution in [3.05, 3.63) is 34.9 Å². The molecule has 1 atom stereocenters. The molecular formula is C17H22N4OS. The number of benzene rings is 1. The molecule has 1 heterocycles. The quantitative estimate of drug-likeness (QED) is 0.636. The molecule has 0 aliphatic heterocycles. The van der Waals surface area contributed by atoms with Crippen molar-refractivity contribution >= 4 is 17.5 Å². The molecule has 1 aromatic heterocycles. The lowest BCUT2D eigenvalue weighted by atomic mass is 10.0. The Morgan fingerprint density at radius 2 is 2.00 bits per heavy atom. The minimum atomic E-state index is -0.221. The first-order valence-electron chi connectivity index (χ1n) is 7.98. The third-order valence-electron chi connectivity index (χ3n) is 4.11. The first-order valence-corrected chi connectivity index (χ1v) is 8.86. The summed E-state index contributed by atoms with van der Waals surface area (Å²) in [4.78, 5) is 12.7. The predicted molar refractivity (Wildman–Crippen MR) is 90.9 cm³/mol. The number of carbonyl (C=O) groups excluding carboxylic acids is 1. The van der Waals surface area contributed by atoms with Gasteiger partial charge in [-0.25, -0.2) is 4.68 Å². The highest BCUT2D eigenvalue weighted by molar-refractivity contribution is 8.00. The number of nitrogens with zero attached hydrogens (tertiary/aromatic N) is 4. The number of thioether (sulfide) groups is 1. The molecule has 1 aromatic carbocycles. The van der Waals surface area contributed by atoms with Crippen LogP contribution in [0.15, 0.2) is 23.4 Å². The Kier molecular flexibility index (Phi) is 4.27. The van der Waals surface area contributed by atoms with Gasteiger partial charge in [0, 0.05) is 5.56 Å². The van der Waals surface area contributed by atoms with Crippen LogP contribution in [-0.2, 0) is 18.4 Å². The van der Waals surface area contributed by atoms with E-state index in [0.717, 1.165) is 18.4 Å². The fourth-order valence-electron chi connectivity index (χ4n) is 2.84. The molecule has 0 saturated carbocycles. The zero-order valence-electron chi connectivity index (χ0n) is 14.0. The second-order valence-electron chi connectivity index (χ2n) is 7.01. The summed E-state index contributed by atoms with van der Waals surface area (Å²) < 4.78 is 1.77. The first-order chi connectivity index (χ1) is 10.9. The standard InChI is InChI=1S/C17H22N4OS/c1-11(23-16-18-19-20-21(16)17(2,3)4)15(22)14-9-8-12-6-5-7-13(12)10-14/h8-11H,5-7H2,1-4H3. The second-order valence-corrected chi connectivity index (χ2v) is 8.31. The van der Waals surface area contributed by atoms with Crippen LogP contribution in [0.1, 0.15) is 55.6 Å². The van der Waals surface area contributed by atoms with Gasteiger partial charge in [-0.15, -0.1) is 5.10 Å². The van der Waals surface area contributed by atoms with Crippen molar-refractivity contribution in [3.8, 4) is 0 Å². The Bertz CT molecular complexity index is 732. The molecule has 5 nitrogen and oxygen atoms in total. The fraction of sp³-hybridized carbons (Fsp3) is 0.529. The van der Waals surface area contributed by atoms with Gasteiger partial charge in [0.15, 0.2) is 5.78 Å². The third kappa shape index (κ3) is 3.32. The van der Waals surface area contributed by atoms with E-state index in [4.69, 9.17) is 0 Å². The fourth-order valence-corrected chi connectivity index (χ4v) is 3.90. The van der Waals surface area contributed by atoms with E-state index in [1.54, 1.807) is 4.68 Å². The normalized spacial score (nSPS) is 15.5. The molecule has 0 radical (unpaired) electrons. The minimum absolute atomic E-state index is 0.133. The van der Waals surface area contributed by atoms with Crippen molar-refractivity contribution in [2.75, 3.05) is 0 Å². The monoisotopic (exact) mass is 330 g/mol. The van der Waals surface area contributed by atoms with Crippen LogP contribution >= 0.6 is 11.8 Å². The molecule has 6 heteroatoms. The van der Waals surface area contributed by atoms with E-state index in [1.165, 1.54) is 29.3 Å². The van der Waals surface area contributed by atoms with E-state index >= 15 is 0 Å². The number of ketones is 1. The average molecular weight is 330 g/mol. The summed E-state index contributed by atoms with van der Waals surface area (Å²) in [6.07, 6.45) is 3.41. The molecule has 0 amide bonds. The van der Waals surface area contributed by atoms with Crippen LogP contribution < -0.4 is 0 Å². The number of aromatic nitrogens is 4. The minimum Gasteiger partial charge on any atom is -0.293 e. The van der Waals surface area contributed by atoms with Crippen molar-refractivity contribution in [1.29, 1.82) is 0 Å². The van der Waals surface area contributed by atoms with Crippen LogP contribution in [0.2, 0.25) is 0 Å². The maximum absolute atomic E-state index is 12.7. The summed E-state index contributed by atoms with van der Waals surface area (Å²) in [5.41, 5.74) is 3.30. The van der Waals surface area contributed by atoms with Gasteiger partial charge >= 0.3 is 0 Å². The van der Waals surface area contributed by atoms with Crippen LogP contribution in [0.4, 0.5) is 0 Å². The van der Waals surface area contributed by atoms with Gasteiger partial charge in [-0.2, -0.15) is 0 Å². The Morgan fingerprint density at radius 1 is 1.26 bits per heavy atom. The van der Waals surface area contributed by atoms with E-state index in [0.29, 0.717) is 5.16 Å². The van der Waals surface area contributed by atoms with Gasteiger partial charge in [-0.05, 0) is 74.6 Å².